The van der Waals surface area contributed by atoms with Crippen molar-refractivity contribution in [3.05, 3.63) is 71.9 Å². The molecule has 7 heteroatoms. The van der Waals surface area contributed by atoms with Gasteiger partial charge in [0.25, 0.3) is 5.91 Å². The van der Waals surface area contributed by atoms with Crippen molar-refractivity contribution < 1.29 is 19.1 Å². The first-order valence-corrected chi connectivity index (χ1v) is 8.64. The molecule has 3 rings (SSSR count). The summed E-state index contributed by atoms with van der Waals surface area (Å²) in [4.78, 5) is 40.0. The number of benzene rings is 2. The van der Waals surface area contributed by atoms with Gasteiger partial charge in [0.2, 0.25) is 5.91 Å². The Kier molecular flexibility index (Phi) is 5.96. The number of carbonyl (C=O) groups excluding carboxylic acids is 3. The van der Waals surface area contributed by atoms with Crippen LogP contribution in [0, 0.1) is 0 Å². The van der Waals surface area contributed by atoms with Crippen LogP contribution in [-0.2, 0) is 20.7 Å². The number of rotatable bonds is 6. The molecule has 0 aliphatic heterocycles. The quantitative estimate of drug-likeness (QED) is 0.643. The number of hydrogen-bond acceptors (Lipinski definition) is 5. The summed E-state index contributed by atoms with van der Waals surface area (Å²) in [5, 5.41) is 6.21. The number of esters is 1. The molecule has 1 heterocycles. The zero-order chi connectivity index (χ0) is 19.9. The van der Waals surface area contributed by atoms with Gasteiger partial charge in [0.05, 0.1) is 19.0 Å². The van der Waals surface area contributed by atoms with E-state index in [1.807, 2.05) is 30.3 Å². The predicted octanol–water partition coefficient (Wildman–Crippen LogP) is 2.32. The predicted molar refractivity (Wildman–Crippen MR) is 105 cm³/mol. The lowest BCUT2D eigenvalue weighted by Crippen LogP contribution is -2.30. The second-order valence-corrected chi connectivity index (χ2v) is 6.06. The minimum absolute atomic E-state index is 0.160. The zero-order valence-electron chi connectivity index (χ0n) is 15.3. The van der Waals surface area contributed by atoms with Gasteiger partial charge in [-0.15, -0.1) is 0 Å². The fraction of sp³-hybridized carbons (Fsp3) is 0.143. The van der Waals surface area contributed by atoms with Crippen molar-refractivity contribution in [1.29, 1.82) is 0 Å². The lowest BCUT2D eigenvalue weighted by molar-refractivity contribution is -0.139. The van der Waals surface area contributed by atoms with E-state index < -0.39 is 11.9 Å². The summed E-state index contributed by atoms with van der Waals surface area (Å²) in [6.07, 6.45) is 1.85. The number of nitrogens with zero attached hydrogens (tertiary/aromatic N) is 1. The van der Waals surface area contributed by atoms with Gasteiger partial charge >= 0.3 is 5.97 Å². The average Bonchev–Trinajstić information content (AvgIpc) is 2.72. The first kappa shape index (κ1) is 19.0. The van der Waals surface area contributed by atoms with Crippen LogP contribution >= 0.6 is 0 Å². The minimum atomic E-state index is -0.540. The molecule has 0 saturated heterocycles. The van der Waals surface area contributed by atoms with Gasteiger partial charge < -0.3 is 15.4 Å². The molecule has 28 heavy (non-hydrogen) atoms. The van der Waals surface area contributed by atoms with Gasteiger partial charge in [-0.1, -0.05) is 30.3 Å². The van der Waals surface area contributed by atoms with Crippen LogP contribution in [0.5, 0.6) is 0 Å². The molecule has 3 aromatic rings. The van der Waals surface area contributed by atoms with E-state index in [0.29, 0.717) is 11.3 Å². The molecular formula is C21H19N3O4. The van der Waals surface area contributed by atoms with Crippen LogP contribution in [0.1, 0.15) is 15.9 Å². The number of amides is 2. The molecule has 2 aromatic carbocycles. The topological polar surface area (TPSA) is 97.4 Å². The maximum atomic E-state index is 12.5. The first-order valence-electron chi connectivity index (χ1n) is 8.64. The maximum absolute atomic E-state index is 12.5. The van der Waals surface area contributed by atoms with E-state index in [-0.39, 0.29) is 18.9 Å². The highest BCUT2D eigenvalue weighted by Gasteiger charge is 2.11. The fourth-order valence-electron chi connectivity index (χ4n) is 2.75. The number of para-hydroxylation sites is 1. The Hall–Kier alpha value is -3.74. The number of aromatic nitrogens is 1. The van der Waals surface area contributed by atoms with Gasteiger partial charge in [0.15, 0.2) is 0 Å². The third-order valence-electron chi connectivity index (χ3n) is 4.10. The minimum Gasteiger partial charge on any atom is -0.468 e. The van der Waals surface area contributed by atoms with Gasteiger partial charge in [0, 0.05) is 22.8 Å². The van der Waals surface area contributed by atoms with Crippen molar-refractivity contribution in [2.24, 2.45) is 0 Å². The number of fused-ring (bicyclic) bond motifs is 1. The third kappa shape index (κ3) is 4.70. The molecule has 0 aliphatic carbocycles. The van der Waals surface area contributed by atoms with E-state index in [9.17, 15) is 14.4 Å². The van der Waals surface area contributed by atoms with Crippen LogP contribution in [0.3, 0.4) is 0 Å². The zero-order valence-corrected chi connectivity index (χ0v) is 15.3. The molecule has 0 aliphatic rings. The molecule has 0 radical (unpaired) electrons. The molecule has 0 saturated carbocycles. The van der Waals surface area contributed by atoms with E-state index in [0.717, 1.165) is 16.5 Å². The Labute approximate surface area is 161 Å². The molecule has 0 fully saturated rings. The Morgan fingerprint density at radius 1 is 1.04 bits per heavy atom. The number of hydrogen-bond donors (Lipinski definition) is 2. The summed E-state index contributed by atoms with van der Waals surface area (Å²) in [7, 11) is 1.25. The van der Waals surface area contributed by atoms with Gasteiger partial charge in [0.1, 0.15) is 6.54 Å². The van der Waals surface area contributed by atoms with Crippen LogP contribution in [-0.4, -0.2) is 36.4 Å². The van der Waals surface area contributed by atoms with E-state index >= 15 is 0 Å². The van der Waals surface area contributed by atoms with Gasteiger partial charge in [-0.2, -0.15) is 0 Å². The number of anilines is 1. The largest absolute Gasteiger partial charge is 0.468 e. The van der Waals surface area contributed by atoms with Gasteiger partial charge in [-0.05, 0) is 29.8 Å². The Morgan fingerprint density at radius 2 is 1.82 bits per heavy atom. The molecular weight excluding hydrogens is 358 g/mol. The van der Waals surface area contributed by atoms with Gasteiger partial charge in [-0.25, -0.2) is 0 Å². The molecule has 0 spiro atoms. The van der Waals surface area contributed by atoms with Crippen LogP contribution < -0.4 is 10.6 Å². The van der Waals surface area contributed by atoms with Crippen molar-refractivity contribution in [2.75, 3.05) is 19.0 Å². The summed E-state index contributed by atoms with van der Waals surface area (Å²) in [5.74, 6) is -1.19. The molecule has 1 aromatic heterocycles. The second-order valence-electron chi connectivity index (χ2n) is 6.06. The number of nitrogens with one attached hydrogen (secondary N) is 2. The lowest BCUT2D eigenvalue weighted by Gasteiger charge is -2.09. The normalized spacial score (nSPS) is 10.3. The highest BCUT2D eigenvalue weighted by molar-refractivity contribution is 5.99. The standard InChI is InChI=1S/C21H19N3O4/c1-28-19(26)13-23-21(27)16-7-3-9-17(11-16)24-18(25)12-15-6-2-5-14-8-4-10-22-20(14)15/h2-11H,12-13H2,1H3,(H,23,27)(H,24,25). The maximum Gasteiger partial charge on any atom is 0.325 e. The SMILES string of the molecule is COC(=O)CNC(=O)c1cccc(NC(=O)Cc2cccc3cccnc23)c1. The molecule has 0 bridgehead atoms. The van der Waals surface area contributed by atoms with Crippen molar-refractivity contribution in [1.82, 2.24) is 10.3 Å². The average molecular weight is 377 g/mol. The monoisotopic (exact) mass is 377 g/mol. The van der Waals surface area contributed by atoms with Gasteiger partial charge in [-0.3, -0.25) is 19.4 Å². The summed E-state index contributed by atoms with van der Waals surface area (Å²) < 4.78 is 4.48. The highest BCUT2D eigenvalue weighted by Crippen LogP contribution is 2.17. The summed E-state index contributed by atoms with van der Waals surface area (Å²) in [5.41, 5.74) is 2.43. The Morgan fingerprint density at radius 3 is 2.64 bits per heavy atom. The van der Waals surface area contributed by atoms with E-state index in [1.54, 1.807) is 30.5 Å². The molecule has 142 valence electrons. The number of carbonyl (C=O) groups is 3. The smallest absolute Gasteiger partial charge is 0.325 e. The molecule has 7 nitrogen and oxygen atoms in total. The first-order chi connectivity index (χ1) is 13.6. The molecule has 0 unspecified atom stereocenters. The van der Waals surface area contributed by atoms with Crippen LogP contribution in [0.25, 0.3) is 10.9 Å². The highest BCUT2D eigenvalue weighted by atomic mass is 16.5. The summed E-state index contributed by atoms with van der Waals surface area (Å²) >= 11 is 0. The fourth-order valence-corrected chi connectivity index (χ4v) is 2.75. The molecule has 0 atom stereocenters. The summed E-state index contributed by atoms with van der Waals surface area (Å²) in [6, 6.07) is 16.0. The number of ether oxygens (including phenoxy) is 1. The lowest BCUT2D eigenvalue weighted by atomic mass is 10.1. The molecule has 2 N–H and O–H groups in total. The number of methoxy groups -OCH3 is 1. The van der Waals surface area contributed by atoms with Crippen LogP contribution in [0.4, 0.5) is 5.69 Å². The Balaban J connectivity index is 1.67. The van der Waals surface area contributed by atoms with Crippen LogP contribution in [0.15, 0.2) is 60.8 Å². The van der Waals surface area contributed by atoms with Crippen molar-refractivity contribution >= 4 is 34.4 Å². The van der Waals surface area contributed by atoms with Crippen LogP contribution in [0.2, 0.25) is 0 Å². The second kappa shape index (κ2) is 8.77. The van der Waals surface area contributed by atoms with Crippen molar-refractivity contribution in [3.8, 4) is 0 Å². The number of pyridine rings is 1. The molecule has 2 amide bonds. The van der Waals surface area contributed by atoms with E-state index in [2.05, 4.69) is 20.4 Å². The summed E-state index contributed by atoms with van der Waals surface area (Å²) in [6.45, 7) is -0.222. The van der Waals surface area contributed by atoms with E-state index in [1.165, 1.54) is 7.11 Å². The van der Waals surface area contributed by atoms with Crippen molar-refractivity contribution in [3.63, 3.8) is 0 Å². The Bertz CT molecular complexity index is 1030. The third-order valence-corrected chi connectivity index (χ3v) is 4.10. The van der Waals surface area contributed by atoms with E-state index in [4.69, 9.17) is 0 Å². The van der Waals surface area contributed by atoms with Crippen molar-refractivity contribution in [2.45, 2.75) is 6.42 Å².